The highest BCUT2D eigenvalue weighted by atomic mass is 15.3. The molecule has 6 nitrogen and oxygen atoms in total. The lowest BCUT2D eigenvalue weighted by Crippen LogP contribution is -2.46. The van der Waals surface area contributed by atoms with Crippen LogP contribution in [0.25, 0.3) is 0 Å². The Labute approximate surface area is 143 Å². The van der Waals surface area contributed by atoms with Crippen molar-refractivity contribution in [2.45, 2.75) is 19.4 Å². The van der Waals surface area contributed by atoms with Gasteiger partial charge < -0.3 is 9.80 Å². The van der Waals surface area contributed by atoms with Crippen LogP contribution in [0.4, 0.5) is 11.8 Å². The van der Waals surface area contributed by atoms with Gasteiger partial charge in [-0.2, -0.15) is 4.98 Å². The van der Waals surface area contributed by atoms with Crippen molar-refractivity contribution in [3.8, 4) is 0 Å². The lowest BCUT2D eigenvalue weighted by molar-refractivity contribution is 0.249. The fraction of sp³-hybridized carbons (Fsp3) is 0.500. The number of pyridine rings is 1. The van der Waals surface area contributed by atoms with Crippen LogP contribution in [0.5, 0.6) is 0 Å². The number of rotatable bonds is 4. The third kappa shape index (κ3) is 3.48. The van der Waals surface area contributed by atoms with Crippen LogP contribution >= 0.6 is 0 Å². The molecule has 2 saturated heterocycles. The van der Waals surface area contributed by atoms with Crippen LogP contribution in [0.15, 0.2) is 36.8 Å². The number of anilines is 2. The molecule has 2 aliphatic heterocycles. The molecule has 0 N–H and O–H groups in total. The van der Waals surface area contributed by atoms with E-state index in [-0.39, 0.29) is 0 Å². The molecule has 0 amide bonds. The summed E-state index contributed by atoms with van der Waals surface area (Å²) >= 11 is 0. The van der Waals surface area contributed by atoms with Crippen molar-refractivity contribution in [2.75, 3.05) is 49.1 Å². The predicted molar refractivity (Wildman–Crippen MR) is 95.2 cm³/mol. The number of piperazine rings is 1. The normalized spacial score (nSPS) is 19.0. The molecule has 4 rings (SSSR count). The van der Waals surface area contributed by atoms with Gasteiger partial charge in [0.05, 0.1) is 0 Å². The molecule has 24 heavy (non-hydrogen) atoms. The molecule has 0 saturated carbocycles. The van der Waals surface area contributed by atoms with E-state index in [1.807, 2.05) is 30.7 Å². The molecule has 0 unspecified atom stereocenters. The van der Waals surface area contributed by atoms with E-state index in [0.29, 0.717) is 0 Å². The Balaban J connectivity index is 1.36. The summed E-state index contributed by atoms with van der Waals surface area (Å²) in [6.45, 7) is 7.28. The van der Waals surface area contributed by atoms with Gasteiger partial charge in [-0.1, -0.05) is 6.07 Å². The summed E-state index contributed by atoms with van der Waals surface area (Å²) < 4.78 is 0. The zero-order chi connectivity index (χ0) is 16.2. The second-order valence-corrected chi connectivity index (χ2v) is 6.53. The van der Waals surface area contributed by atoms with Crippen LogP contribution in [0.2, 0.25) is 0 Å². The Morgan fingerprint density at radius 2 is 1.71 bits per heavy atom. The van der Waals surface area contributed by atoms with Gasteiger partial charge in [0.15, 0.2) is 0 Å². The largest absolute Gasteiger partial charge is 0.354 e. The van der Waals surface area contributed by atoms with Gasteiger partial charge in [0.25, 0.3) is 0 Å². The van der Waals surface area contributed by atoms with Crippen molar-refractivity contribution < 1.29 is 0 Å². The van der Waals surface area contributed by atoms with E-state index in [4.69, 9.17) is 4.98 Å². The van der Waals surface area contributed by atoms with E-state index >= 15 is 0 Å². The van der Waals surface area contributed by atoms with E-state index in [0.717, 1.165) is 57.6 Å². The summed E-state index contributed by atoms with van der Waals surface area (Å²) in [5.41, 5.74) is 1.28. The van der Waals surface area contributed by atoms with Crippen molar-refractivity contribution in [3.05, 3.63) is 42.4 Å². The Morgan fingerprint density at radius 1 is 0.875 bits per heavy atom. The summed E-state index contributed by atoms with van der Waals surface area (Å²) in [5, 5.41) is 0. The number of nitrogens with zero attached hydrogens (tertiary/aromatic N) is 6. The first-order valence-corrected chi connectivity index (χ1v) is 8.83. The first-order chi connectivity index (χ1) is 11.9. The van der Waals surface area contributed by atoms with Crippen molar-refractivity contribution in [2.24, 2.45) is 0 Å². The van der Waals surface area contributed by atoms with Crippen molar-refractivity contribution in [1.82, 2.24) is 19.9 Å². The average Bonchev–Trinajstić information content (AvgIpc) is 3.18. The topological polar surface area (TPSA) is 48.4 Å². The van der Waals surface area contributed by atoms with Gasteiger partial charge in [0, 0.05) is 64.4 Å². The Morgan fingerprint density at radius 3 is 2.46 bits per heavy atom. The maximum atomic E-state index is 4.80. The lowest BCUT2D eigenvalue weighted by atomic mass is 10.2. The number of aromatic nitrogens is 3. The van der Waals surface area contributed by atoms with Gasteiger partial charge in [-0.25, -0.2) is 4.98 Å². The quantitative estimate of drug-likeness (QED) is 0.855. The molecule has 0 aliphatic carbocycles. The molecule has 2 aromatic rings. The van der Waals surface area contributed by atoms with Crippen LogP contribution in [0.3, 0.4) is 0 Å². The third-order valence-electron chi connectivity index (χ3n) is 4.84. The summed E-state index contributed by atoms with van der Waals surface area (Å²) in [6.07, 6.45) is 8.19. The van der Waals surface area contributed by atoms with Crippen molar-refractivity contribution in [3.63, 3.8) is 0 Å². The molecule has 2 aromatic heterocycles. The van der Waals surface area contributed by atoms with Gasteiger partial charge in [0.1, 0.15) is 5.82 Å². The molecule has 2 aliphatic rings. The van der Waals surface area contributed by atoms with E-state index in [2.05, 4.69) is 30.7 Å². The Hall–Kier alpha value is -2.21. The van der Waals surface area contributed by atoms with E-state index in [9.17, 15) is 0 Å². The van der Waals surface area contributed by atoms with Crippen molar-refractivity contribution >= 4 is 11.8 Å². The zero-order valence-corrected chi connectivity index (χ0v) is 14.0. The van der Waals surface area contributed by atoms with Gasteiger partial charge in [-0.05, 0) is 30.5 Å². The summed E-state index contributed by atoms with van der Waals surface area (Å²) in [6, 6.07) is 6.19. The lowest BCUT2D eigenvalue weighted by Gasteiger charge is -2.35. The second-order valence-electron chi connectivity index (χ2n) is 6.53. The summed E-state index contributed by atoms with van der Waals surface area (Å²) in [7, 11) is 0. The highest BCUT2D eigenvalue weighted by Gasteiger charge is 2.20. The first-order valence-electron chi connectivity index (χ1n) is 8.83. The maximum absolute atomic E-state index is 4.80. The molecule has 0 spiro atoms. The highest BCUT2D eigenvalue weighted by Crippen LogP contribution is 2.20. The second kappa shape index (κ2) is 7.13. The summed E-state index contributed by atoms with van der Waals surface area (Å²) in [5.74, 6) is 1.95. The standard InChI is InChI=1S/C18H24N6/c1-2-9-24(8-1)18-20-7-5-17(21-18)23-12-10-22(11-13-23)15-16-4-3-6-19-14-16/h3-7,14H,1-2,8-13,15H2. The van der Waals surface area contributed by atoms with Gasteiger partial charge in [-0.15, -0.1) is 0 Å². The minimum Gasteiger partial charge on any atom is -0.354 e. The highest BCUT2D eigenvalue weighted by molar-refractivity contribution is 5.44. The monoisotopic (exact) mass is 324 g/mol. The van der Waals surface area contributed by atoms with Crippen molar-refractivity contribution in [1.29, 1.82) is 0 Å². The van der Waals surface area contributed by atoms with Crippen LogP contribution in [-0.2, 0) is 6.54 Å². The molecule has 0 atom stereocenters. The zero-order valence-electron chi connectivity index (χ0n) is 14.0. The SMILES string of the molecule is c1cncc(CN2CCN(c3ccnc(N4CCCC4)n3)CC2)c1. The number of hydrogen-bond donors (Lipinski definition) is 0. The third-order valence-corrected chi connectivity index (χ3v) is 4.84. The summed E-state index contributed by atoms with van der Waals surface area (Å²) in [4.78, 5) is 20.6. The smallest absolute Gasteiger partial charge is 0.227 e. The molecule has 126 valence electrons. The van der Waals surface area contributed by atoms with E-state index in [1.165, 1.54) is 18.4 Å². The fourth-order valence-corrected chi connectivity index (χ4v) is 3.47. The molecular formula is C18H24N6. The minimum absolute atomic E-state index is 0.891. The molecular weight excluding hydrogens is 300 g/mol. The first kappa shape index (κ1) is 15.3. The van der Waals surface area contributed by atoms with Gasteiger partial charge >= 0.3 is 0 Å². The Bertz CT molecular complexity index is 648. The fourth-order valence-electron chi connectivity index (χ4n) is 3.47. The van der Waals surface area contributed by atoms with E-state index < -0.39 is 0 Å². The molecule has 6 heteroatoms. The average molecular weight is 324 g/mol. The Kier molecular flexibility index (Phi) is 4.55. The van der Waals surface area contributed by atoms with Crippen LogP contribution < -0.4 is 9.80 Å². The maximum Gasteiger partial charge on any atom is 0.227 e. The van der Waals surface area contributed by atoms with Gasteiger partial charge in [-0.3, -0.25) is 9.88 Å². The molecule has 4 heterocycles. The molecule has 0 aromatic carbocycles. The molecule has 0 bridgehead atoms. The van der Waals surface area contributed by atoms with Crippen LogP contribution in [0, 0.1) is 0 Å². The number of hydrogen-bond acceptors (Lipinski definition) is 6. The molecule has 2 fully saturated rings. The predicted octanol–water partition coefficient (Wildman–Crippen LogP) is 1.79. The minimum atomic E-state index is 0.891. The van der Waals surface area contributed by atoms with Crippen LogP contribution in [-0.4, -0.2) is 59.1 Å². The van der Waals surface area contributed by atoms with Gasteiger partial charge in [0.2, 0.25) is 5.95 Å². The van der Waals surface area contributed by atoms with E-state index in [1.54, 1.807) is 0 Å². The van der Waals surface area contributed by atoms with Crippen LogP contribution in [0.1, 0.15) is 18.4 Å². The molecule has 0 radical (unpaired) electrons.